The summed E-state index contributed by atoms with van der Waals surface area (Å²) in [5.41, 5.74) is 2.82. The zero-order valence-corrected chi connectivity index (χ0v) is 19.4. The molecule has 1 aliphatic carbocycles. The van der Waals surface area contributed by atoms with Crippen LogP contribution < -0.4 is 5.32 Å². The van der Waals surface area contributed by atoms with Gasteiger partial charge in [-0.25, -0.2) is 4.39 Å². The normalized spacial score (nSPS) is 14.9. The number of hydrogen-bond acceptors (Lipinski definition) is 3. The van der Waals surface area contributed by atoms with Crippen molar-refractivity contribution in [2.24, 2.45) is 0 Å². The second kappa shape index (κ2) is 11.1. The topological polar surface area (TPSA) is 62.3 Å². The lowest BCUT2D eigenvalue weighted by Gasteiger charge is -2.33. The minimum Gasteiger partial charge on any atom is -0.351 e. The van der Waals surface area contributed by atoms with Crippen LogP contribution in [0.25, 0.3) is 0 Å². The van der Waals surface area contributed by atoms with Gasteiger partial charge in [-0.15, -0.1) is 0 Å². The van der Waals surface area contributed by atoms with E-state index < -0.39 is 11.9 Å². The molecule has 4 rings (SSSR count). The molecule has 0 radical (unpaired) electrons. The van der Waals surface area contributed by atoms with Gasteiger partial charge in [0.1, 0.15) is 17.6 Å². The number of aromatic nitrogens is 1. The SMILES string of the molecule is Cc1ccc(CN(C(=O)c2ccccn2)[C@H](C(=O)NC2CCCCC2)c2ccc(F)cc2)cc1. The highest BCUT2D eigenvalue weighted by atomic mass is 19.1. The van der Waals surface area contributed by atoms with E-state index in [9.17, 15) is 14.0 Å². The fraction of sp³-hybridized carbons (Fsp3) is 0.321. The summed E-state index contributed by atoms with van der Waals surface area (Å²) >= 11 is 0. The predicted molar refractivity (Wildman–Crippen MR) is 129 cm³/mol. The van der Waals surface area contributed by atoms with Crippen molar-refractivity contribution >= 4 is 11.8 Å². The number of carbonyl (C=O) groups is 2. The van der Waals surface area contributed by atoms with Gasteiger partial charge < -0.3 is 10.2 Å². The smallest absolute Gasteiger partial charge is 0.273 e. The third kappa shape index (κ3) is 5.87. The molecular weight excluding hydrogens is 429 g/mol. The number of nitrogens with zero attached hydrogens (tertiary/aromatic N) is 2. The van der Waals surface area contributed by atoms with Crippen molar-refractivity contribution in [1.29, 1.82) is 0 Å². The molecule has 1 atom stereocenters. The lowest BCUT2D eigenvalue weighted by Crippen LogP contribution is -2.47. The van der Waals surface area contributed by atoms with Gasteiger partial charge in [0.05, 0.1) is 0 Å². The monoisotopic (exact) mass is 459 g/mol. The van der Waals surface area contributed by atoms with E-state index >= 15 is 0 Å². The lowest BCUT2D eigenvalue weighted by atomic mass is 9.94. The highest BCUT2D eigenvalue weighted by Gasteiger charge is 2.34. The van der Waals surface area contributed by atoms with Gasteiger partial charge in [-0.05, 0) is 55.2 Å². The van der Waals surface area contributed by atoms with Crippen molar-refractivity contribution in [3.8, 4) is 0 Å². The molecule has 0 aliphatic heterocycles. The molecule has 1 heterocycles. The van der Waals surface area contributed by atoms with Gasteiger partial charge in [-0.2, -0.15) is 0 Å². The summed E-state index contributed by atoms with van der Waals surface area (Å²) in [7, 11) is 0. The Bertz CT molecular complexity index is 1090. The standard InChI is InChI=1S/C28H30FN3O2/c1-20-10-12-21(13-11-20)19-32(28(34)25-9-5-6-18-30-25)26(22-14-16-23(29)17-15-22)27(33)31-24-7-3-2-4-8-24/h5-6,9-18,24,26H,2-4,7-8,19H2,1H3,(H,31,33)/t26-/m0/s1. The summed E-state index contributed by atoms with van der Waals surface area (Å²) in [4.78, 5) is 33.2. The summed E-state index contributed by atoms with van der Waals surface area (Å²) in [5.74, 6) is -1.000. The predicted octanol–water partition coefficient (Wildman–Crippen LogP) is 5.36. The summed E-state index contributed by atoms with van der Waals surface area (Å²) in [5, 5.41) is 3.17. The van der Waals surface area contributed by atoms with Crippen LogP contribution in [0.2, 0.25) is 0 Å². The molecule has 1 N–H and O–H groups in total. The Morgan fingerprint density at radius 2 is 1.71 bits per heavy atom. The Morgan fingerprint density at radius 3 is 2.35 bits per heavy atom. The average molecular weight is 460 g/mol. The van der Waals surface area contributed by atoms with Crippen LogP contribution in [0.15, 0.2) is 72.9 Å². The molecule has 176 valence electrons. The van der Waals surface area contributed by atoms with Gasteiger partial charge in [0.2, 0.25) is 5.91 Å². The molecule has 34 heavy (non-hydrogen) atoms. The van der Waals surface area contributed by atoms with Crippen molar-refractivity contribution in [2.75, 3.05) is 0 Å². The first kappa shape index (κ1) is 23.6. The summed E-state index contributed by atoms with van der Waals surface area (Å²) in [6.45, 7) is 2.22. The summed E-state index contributed by atoms with van der Waals surface area (Å²) in [6, 6.07) is 18.0. The van der Waals surface area contributed by atoms with Crippen molar-refractivity contribution in [1.82, 2.24) is 15.2 Å². The second-order valence-electron chi connectivity index (χ2n) is 8.93. The molecule has 3 aromatic rings. The molecule has 1 saturated carbocycles. The third-order valence-electron chi connectivity index (χ3n) is 6.32. The molecule has 2 aromatic carbocycles. The Kier molecular flexibility index (Phi) is 7.68. The number of nitrogens with one attached hydrogen (secondary N) is 1. The van der Waals surface area contributed by atoms with Gasteiger partial charge in [0.15, 0.2) is 0 Å². The number of halogens is 1. The minimum atomic E-state index is -0.918. The molecule has 0 bridgehead atoms. The van der Waals surface area contributed by atoms with Crippen LogP contribution >= 0.6 is 0 Å². The molecule has 1 aromatic heterocycles. The number of carbonyl (C=O) groups excluding carboxylic acids is 2. The fourth-order valence-corrected chi connectivity index (χ4v) is 4.45. The van der Waals surface area contributed by atoms with E-state index in [0.29, 0.717) is 5.56 Å². The van der Waals surface area contributed by atoms with Gasteiger partial charge in [-0.1, -0.05) is 67.3 Å². The number of rotatable bonds is 7. The van der Waals surface area contributed by atoms with E-state index in [0.717, 1.165) is 36.8 Å². The molecule has 5 nitrogen and oxygen atoms in total. The second-order valence-corrected chi connectivity index (χ2v) is 8.93. The van der Waals surface area contributed by atoms with Gasteiger partial charge >= 0.3 is 0 Å². The van der Waals surface area contributed by atoms with Crippen molar-refractivity contribution in [3.63, 3.8) is 0 Å². The van der Waals surface area contributed by atoms with Crippen LogP contribution in [0.1, 0.15) is 65.3 Å². The fourth-order valence-electron chi connectivity index (χ4n) is 4.45. The van der Waals surface area contributed by atoms with Crippen LogP contribution in [0.4, 0.5) is 4.39 Å². The van der Waals surface area contributed by atoms with E-state index in [-0.39, 0.29) is 30.1 Å². The van der Waals surface area contributed by atoms with Crippen LogP contribution in [0.5, 0.6) is 0 Å². The zero-order valence-electron chi connectivity index (χ0n) is 19.4. The zero-order chi connectivity index (χ0) is 23.9. The maximum absolute atomic E-state index is 13.7. The highest BCUT2D eigenvalue weighted by Crippen LogP contribution is 2.27. The van der Waals surface area contributed by atoms with Crippen LogP contribution in [-0.2, 0) is 11.3 Å². The van der Waals surface area contributed by atoms with Crippen LogP contribution in [0, 0.1) is 12.7 Å². The van der Waals surface area contributed by atoms with Crippen molar-refractivity contribution in [3.05, 3.63) is 101 Å². The van der Waals surface area contributed by atoms with E-state index in [1.54, 1.807) is 41.4 Å². The van der Waals surface area contributed by atoms with E-state index in [4.69, 9.17) is 0 Å². The van der Waals surface area contributed by atoms with Crippen LogP contribution in [-0.4, -0.2) is 27.7 Å². The maximum atomic E-state index is 13.7. The van der Waals surface area contributed by atoms with E-state index in [1.165, 1.54) is 18.6 Å². The minimum absolute atomic E-state index is 0.0791. The molecule has 6 heteroatoms. The molecule has 0 saturated heterocycles. The molecule has 1 aliphatic rings. The van der Waals surface area contributed by atoms with Gasteiger partial charge in [0, 0.05) is 18.8 Å². The Labute approximate surface area is 200 Å². The Balaban J connectivity index is 1.73. The third-order valence-corrected chi connectivity index (χ3v) is 6.32. The number of pyridine rings is 1. The Morgan fingerprint density at radius 1 is 1.00 bits per heavy atom. The number of aryl methyl sites for hydroxylation is 1. The van der Waals surface area contributed by atoms with Crippen molar-refractivity contribution < 1.29 is 14.0 Å². The molecule has 1 fully saturated rings. The van der Waals surface area contributed by atoms with Crippen molar-refractivity contribution in [2.45, 2.75) is 57.7 Å². The molecular formula is C28H30FN3O2. The van der Waals surface area contributed by atoms with Gasteiger partial charge in [-0.3, -0.25) is 14.6 Å². The maximum Gasteiger partial charge on any atom is 0.273 e. The highest BCUT2D eigenvalue weighted by molar-refractivity contribution is 5.96. The first-order chi connectivity index (χ1) is 16.5. The molecule has 2 amide bonds. The van der Waals surface area contributed by atoms with E-state index in [2.05, 4.69) is 10.3 Å². The number of amides is 2. The molecule has 0 unspecified atom stereocenters. The molecule has 0 spiro atoms. The lowest BCUT2D eigenvalue weighted by molar-refractivity contribution is -0.127. The van der Waals surface area contributed by atoms with Crippen LogP contribution in [0.3, 0.4) is 0 Å². The van der Waals surface area contributed by atoms with E-state index in [1.807, 2.05) is 31.2 Å². The first-order valence-electron chi connectivity index (χ1n) is 11.8. The Hall–Kier alpha value is -3.54. The number of benzene rings is 2. The summed E-state index contributed by atoms with van der Waals surface area (Å²) < 4.78 is 13.7. The number of hydrogen-bond donors (Lipinski definition) is 1. The summed E-state index contributed by atoms with van der Waals surface area (Å²) in [6.07, 6.45) is 6.73. The average Bonchev–Trinajstić information content (AvgIpc) is 2.86. The van der Waals surface area contributed by atoms with Gasteiger partial charge in [0.25, 0.3) is 5.91 Å². The quantitative estimate of drug-likeness (QED) is 0.517. The first-order valence-corrected chi connectivity index (χ1v) is 11.8. The largest absolute Gasteiger partial charge is 0.351 e.